The van der Waals surface area contributed by atoms with Crippen LogP contribution in [0.25, 0.3) is 5.82 Å². The molecule has 2 amide bonds. The molecule has 2 aliphatic rings. The van der Waals surface area contributed by atoms with E-state index in [4.69, 9.17) is 4.74 Å². The van der Waals surface area contributed by atoms with Crippen LogP contribution in [0.2, 0.25) is 0 Å². The Morgan fingerprint density at radius 3 is 2.76 bits per heavy atom. The zero-order valence-corrected chi connectivity index (χ0v) is 20.7. The van der Waals surface area contributed by atoms with Crippen molar-refractivity contribution in [2.24, 2.45) is 0 Å². The number of rotatable bonds is 6. The van der Waals surface area contributed by atoms with Gasteiger partial charge in [-0.1, -0.05) is 6.07 Å². The molecular weight excluding hydrogens is 529 g/mol. The molecule has 0 radical (unpaired) electrons. The molecule has 0 unspecified atom stereocenters. The molecule has 1 spiro atoms. The van der Waals surface area contributed by atoms with Crippen molar-refractivity contribution in [2.75, 3.05) is 23.9 Å². The lowest BCUT2D eigenvalue weighted by atomic mass is 9.82. The van der Waals surface area contributed by atoms with Crippen molar-refractivity contribution in [1.82, 2.24) is 25.1 Å². The summed E-state index contributed by atoms with van der Waals surface area (Å²) >= 11 is 0. The van der Waals surface area contributed by atoms with Gasteiger partial charge in [-0.3, -0.25) is 9.59 Å². The van der Waals surface area contributed by atoms with Crippen molar-refractivity contribution in [1.29, 1.82) is 0 Å². The van der Waals surface area contributed by atoms with Gasteiger partial charge in [0.2, 0.25) is 5.91 Å². The third-order valence-electron chi connectivity index (χ3n) is 6.26. The third kappa shape index (κ3) is 5.05. The summed E-state index contributed by atoms with van der Waals surface area (Å²) in [4.78, 5) is 33.9. The Bertz CT molecular complexity index is 1540. The number of carbonyl (C=O) groups excluding carboxylic acids is 2. The van der Waals surface area contributed by atoms with Crippen molar-refractivity contribution in [3.8, 4) is 11.6 Å². The van der Waals surface area contributed by atoms with E-state index in [2.05, 4.69) is 25.7 Å². The lowest BCUT2D eigenvalue weighted by Crippen LogP contribution is -2.49. The van der Waals surface area contributed by atoms with E-state index < -0.39 is 45.7 Å². The van der Waals surface area contributed by atoms with Crippen molar-refractivity contribution in [3.05, 3.63) is 59.2 Å². The number of carbonyl (C=O) groups is 2. The molecule has 0 saturated heterocycles. The average Bonchev–Trinajstić information content (AvgIpc) is 3.35. The van der Waals surface area contributed by atoms with Crippen LogP contribution >= 0.6 is 0 Å². The molecule has 2 N–H and O–H groups in total. The number of anilines is 1. The van der Waals surface area contributed by atoms with Crippen molar-refractivity contribution >= 4 is 27.5 Å². The molecule has 3 heterocycles. The van der Waals surface area contributed by atoms with Crippen LogP contribution in [-0.2, 0) is 33.0 Å². The molecule has 2 aromatic heterocycles. The van der Waals surface area contributed by atoms with Gasteiger partial charge in [0.15, 0.2) is 28.1 Å². The smallest absolute Gasteiger partial charge is 0.422 e. The number of ether oxygens (including phenoxy) is 1. The molecule has 1 aromatic carbocycles. The highest BCUT2D eigenvalue weighted by atomic mass is 32.2. The van der Waals surface area contributed by atoms with E-state index in [1.54, 1.807) is 6.07 Å². The number of hydrogen-bond donors (Lipinski definition) is 2. The van der Waals surface area contributed by atoms with Gasteiger partial charge >= 0.3 is 6.18 Å². The fourth-order valence-corrected chi connectivity index (χ4v) is 5.38. The Hall–Kier alpha value is -4.01. The second-order valence-corrected chi connectivity index (χ2v) is 11.3. The molecule has 3 aromatic rings. The SMILES string of the molecule is CS(=O)(=O)CC(=O)Nc1c2c(nn1-c1ccncn1)C[C@]1(CCc3cc(OCC(F)(F)F)ccc31)NC2=O. The van der Waals surface area contributed by atoms with Gasteiger partial charge < -0.3 is 15.4 Å². The minimum absolute atomic E-state index is 0.0335. The van der Waals surface area contributed by atoms with Crippen molar-refractivity contribution < 1.29 is 35.9 Å². The number of aryl methyl sites for hydroxylation is 1. The number of nitrogens with zero attached hydrogens (tertiary/aromatic N) is 4. The molecule has 11 nitrogen and oxygen atoms in total. The predicted molar refractivity (Wildman–Crippen MR) is 127 cm³/mol. The highest BCUT2D eigenvalue weighted by molar-refractivity contribution is 7.91. The molecule has 15 heteroatoms. The molecule has 1 aliphatic heterocycles. The molecule has 0 fully saturated rings. The molecule has 200 valence electrons. The Morgan fingerprint density at radius 2 is 2.08 bits per heavy atom. The Labute approximate surface area is 214 Å². The Kier molecular flexibility index (Phi) is 6.12. The summed E-state index contributed by atoms with van der Waals surface area (Å²) in [5.41, 5.74) is 1.00. The standard InChI is InChI=1S/C23H21F3N6O5S/c1-38(35,36)10-18(33)29-20-19-16(31-32(20)17-5-7-27-12-28-17)9-22(30-21(19)34)6-4-13-8-14(2-3-15(13)22)37-11-23(24,25)26/h2-3,5,7-8,12H,4,6,9-11H2,1H3,(H,29,33)(H,30,34)/t22-/m0/s1. The second-order valence-electron chi connectivity index (χ2n) is 9.20. The number of halogens is 3. The van der Waals surface area contributed by atoms with Gasteiger partial charge in [-0.15, -0.1) is 0 Å². The highest BCUT2D eigenvalue weighted by Crippen LogP contribution is 2.44. The van der Waals surface area contributed by atoms with Crippen LogP contribution in [0.5, 0.6) is 5.75 Å². The summed E-state index contributed by atoms with van der Waals surface area (Å²) in [5, 5.41) is 10.0. The van der Waals surface area contributed by atoms with Crippen molar-refractivity contribution in [3.63, 3.8) is 0 Å². The number of alkyl halides is 3. The maximum absolute atomic E-state index is 13.5. The molecule has 5 rings (SSSR count). The van der Waals surface area contributed by atoms with Gasteiger partial charge in [0.25, 0.3) is 5.91 Å². The number of amides is 2. The number of benzene rings is 1. The normalized spacial score (nSPS) is 18.6. The highest BCUT2D eigenvalue weighted by Gasteiger charge is 2.47. The lowest BCUT2D eigenvalue weighted by molar-refractivity contribution is -0.153. The van der Waals surface area contributed by atoms with Gasteiger partial charge in [-0.2, -0.15) is 23.0 Å². The molecule has 0 saturated carbocycles. The average molecular weight is 551 g/mol. The van der Waals surface area contributed by atoms with E-state index >= 15 is 0 Å². The van der Waals surface area contributed by atoms with Crippen LogP contribution in [0, 0.1) is 0 Å². The van der Waals surface area contributed by atoms with Crippen molar-refractivity contribution in [2.45, 2.75) is 31.0 Å². The van der Waals surface area contributed by atoms with Crippen LogP contribution < -0.4 is 15.4 Å². The number of fused-ring (bicyclic) bond motifs is 3. The summed E-state index contributed by atoms with van der Waals surface area (Å²) < 4.78 is 67.0. The lowest BCUT2D eigenvalue weighted by Gasteiger charge is -2.35. The quantitative estimate of drug-likeness (QED) is 0.472. The van der Waals surface area contributed by atoms with Crippen LogP contribution in [0.3, 0.4) is 0 Å². The number of nitrogens with one attached hydrogen (secondary N) is 2. The van der Waals surface area contributed by atoms with Gasteiger partial charge in [-0.05, 0) is 36.1 Å². The maximum atomic E-state index is 13.5. The fourth-order valence-electron chi connectivity index (χ4n) is 4.83. The van der Waals surface area contributed by atoms with Crippen LogP contribution in [0.15, 0.2) is 36.8 Å². The monoisotopic (exact) mass is 550 g/mol. The van der Waals surface area contributed by atoms with Crippen LogP contribution in [0.1, 0.15) is 33.6 Å². The Balaban J connectivity index is 1.51. The van der Waals surface area contributed by atoms with E-state index in [0.29, 0.717) is 18.5 Å². The maximum Gasteiger partial charge on any atom is 0.422 e. The van der Waals surface area contributed by atoms with E-state index in [1.807, 2.05) is 0 Å². The van der Waals surface area contributed by atoms with E-state index in [9.17, 15) is 31.2 Å². The number of hydrogen-bond acceptors (Lipinski definition) is 8. The summed E-state index contributed by atoms with van der Waals surface area (Å²) in [6.07, 6.45) is 0.313. The molecule has 38 heavy (non-hydrogen) atoms. The van der Waals surface area contributed by atoms with Gasteiger partial charge in [0.05, 0.1) is 11.2 Å². The summed E-state index contributed by atoms with van der Waals surface area (Å²) in [6.45, 7) is -1.41. The summed E-state index contributed by atoms with van der Waals surface area (Å²) in [7, 11) is -3.65. The van der Waals surface area contributed by atoms with Gasteiger partial charge in [0, 0.05) is 24.9 Å². The minimum atomic E-state index is -4.47. The van der Waals surface area contributed by atoms with E-state index in [1.165, 1.54) is 35.4 Å². The predicted octanol–water partition coefficient (Wildman–Crippen LogP) is 1.71. The summed E-state index contributed by atoms with van der Waals surface area (Å²) in [6, 6.07) is 6.10. The Morgan fingerprint density at radius 1 is 1.29 bits per heavy atom. The summed E-state index contributed by atoms with van der Waals surface area (Å²) in [5.74, 6) is -1.92. The first-order valence-electron chi connectivity index (χ1n) is 11.3. The zero-order chi connectivity index (χ0) is 27.3. The molecule has 1 aliphatic carbocycles. The largest absolute Gasteiger partial charge is 0.484 e. The first-order valence-corrected chi connectivity index (χ1v) is 13.4. The fraction of sp³-hybridized carbons (Fsp3) is 0.348. The number of sulfone groups is 1. The topological polar surface area (TPSA) is 145 Å². The third-order valence-corrected chi connectivity index (χ3v) is 7.04. The second kappa shape index (κ2) is 9.08. The van der Waals surface area contributed by atoms with Crippen LogP contribution in [0.4, 0.5) is 19.0 Å². The first kappa shape index (κ1) is 25.6. The molecule has 1 atom stereocenters. The zero-order valence-electron chi connectivity index (χ0n) is 19.9. The number of aromatic nitrogens is 4. The van der Waals surface area contributed by atoms with Crippen LogP contribution in [-0.4, -0.2) is 64.8 Å². The molecular formula is C23H21F3N6O5S. The first-order chi connectivity index (χ1) is 17.8. The van der Waals surface area contributed by atoms with Gasteiger partial charge in [0.1, 0.15) is 23.4 Å². The minimum Gasteiger partial charge on any atom is -0.484 e. The van der Waals surface area contributed by atoms with Gasteiger partial charge in [-0.25, -0.2) is 18.4 Å². The molecule has 0 bridgehead atoms. The van der Waals surface area contributed by atoms with E-state index in [0.717, 1.165) is 17.4 Å². The van der Waals surface area contributed by atoms with E-state index in [-0.39, 0.29) is 29.4 Å².